The van der Waals surface area contributed by atoms with E-state index in [9.17, 15) is 9.90 Å². The third-order valence-electron chi connectivity index (χ3n) is 3.01. The van der Waals surface area contributed by atoms with E-state index in [0.29, 0.717) is 26.1 Å². The number of nitrogens with zero attached hydrogens (tertiary/aromatic N) is 1. The molecule has 6 nitrogen and oxygen atoms in total. The molecule has 0 fully saturated rings. The Labute approximate surface area is 128 Å². The Kier molecular flexibility index (Phi) is 10.8. The zero-order valence-electron chi connectivity index (χ0n) is 14.1. The average molecular weight is 304 g/mol. The lowest BCUT2D eigenvalue weighted by atomic mass is 10.1. The number of nitrogens with one attached hydrogen (secondary N) is 1. The van der Waals surface area contributed by atoms with Gasteiger partial charge in [0, 0.05) is 26.1 Å². The minimum atomic E-state index is -0.143. The molecule has 1 atom stereocenters. The Morgan fingerprint density at radius 3 is 2.57 bits per heavy atom. The fourth-order valence-electron chi connectivity index (χ4n) is 1.82. The molecule has 6 heteroatoms. The first-order valence-corrected chi connectivity index (χ1v) is 7.53. The molecule has 126 valence electrons. The number of carbonyl (C=O) groups is 1. The minimum Gasteiger partial charge on any atom is -0.395 e. The van der Waals surface area contributed by atoms with Crippen molar-refractivity contribution in [1.29, 1.82) is 0 Å². The number of carbonyl (C=O) groups excluding carboxylic acids is 1. The summed E-state index contributed by atoms with van der Waals surface area (Å²) < 4.78 is 5.61. The van der Waals surface area contributed by atoms with Crippen LogP contribution in [-0.4, -0.2) is 68.1 Å². The van der Waals surface area contributed by atoms with Gasteiger partial charge >= 0.3 is 0 Å². The lowest BCUT2D eigenvalue weighted by Gasteiger charge is -2.21. The van der Waals surface area contributed by atoms with Crippen LogP contribution in [-0.2, 0) is 14.4 Å². The summed E-state index contributed by atoms with van der Waals surface area (Å²) in [6, 6.07) is 0.0153. The van der Waals surface area contributed by atoms with Crippen LogP contribution in [0.15, 0.2) is 0 Å². The normalized spacial score (nSPS) is 13.7. The molecular formula is C15H32N2O4. The molecule has 21 heavy (non-hydrogen) atoms. The van der Waals surface area contributed by atoms with Gasteiger partial charge in [-0.25, -0.2) is 0 Å². The van der Waals surface area contributed by atoms with Gasteiger partial charge in [0.25, 0.3) is 0 Å². The van der Waals surface area contributed by atoms with E-state index in [1.807, 2.05) is 20.8 Å². The Morgan fingerprint density at radius 1 is 1.38 bits per heavy atom. The van der Waals surface area contributed by atoms with Crippen LogP contribution in [0.3, 0.4) is 0 Å². The standard InChI is InChI=1S/C15H32N2O4/c1-15(2,3)21-10-9-16-13(12-18)7-6-8-14(19)11-17(4)20-5/h13,16,18H,6-12H2,1-5H3. The van der Waals surface area contributed by atoms with Gasteiger partial charge in [0.1, 0.15) is 5.78 Å². The number of aliphatic hydroxyl groups excluding tert-OH is 1. The third-order valence-corrected chi connectivity index (χ3v) is 3.01. The largest absolute Gasteiger partial charge is 0.395 e. The van der Waals surface area contributed by atoms with Crippen molar-refractivity contribution in [3.8, 4) is 0 Å². The molecule has 0 saturated heterocycles. The number of hydrogen-bond donors (Lipinski definition) is 2. The van der Waals surface area contributed by atoms with Crippen LogP contribution >= 0.6 is 0 Å². The SMILES string of the molecule is CON(C)CC(=O)CCCC(CO)NCCOC(C)(C)C. The number of likely N-dealkylation sites (N-methyl/N-ethyl adjacent to an activating group) is 1. The Hall–Kier alpha value is -0.530. The predicted octanol–water partition coefficient (Wildman–Crippen LogP) is 0.985. The zero-order valence-corrected chi connectivity index (χ0v) is 14.1. The number of rotatable bonds is 12. The maximum absolute atomic E-state index is 11.6. The molecule has 0 aliphatic rings. The highest BCUT2D eigenvalue weighted by atomic mass is 16.7. The summed E-state index contributed by atoms with van der Waals surface area (Å²) in [5.74, 6) is 0.145. The van der Waals surface area contributed by atoms with E-state index < -0.39 is 0 Å². The first-order chi connectivity index (χ1) is 9.78. The average Bonchev–Trinajstić information content (AvgIpc) is 2.40. The molecule has 0 aliphatic carbocycles. The van der Waals surface area contributed by atoms with Gasteiger partial charge in [0.05, 0.1) is 32.5 Å². The first kappa shape index (κ1) is 20.5. The van der Waals surface area contributed by atoms with Gasteiger partial charge in [-0.2, -0.15) is 5.06 Å². The van der Waals surface area contributed by atoms with E-state index in [1.165, 1.54) is 5.06 Å². The summed E-state index contributed by atoms with van der Waals surface area (Å²) in [6.07, 6.45) is 2.04. The second-order valence-corrected chi connectivity index (χ2v) is 6.19. The van der Waals surface area contributed by atoms with Crippen molar-refractivity contribution in [3.05, 3.63) is 0 Å². The summed E-state index contributed by atoms with van der Waals surface area (Å²) >= 11 is 0. The Balaban J connectivity index is 3.72. The maximum Gasteiger partial charge on any atom is 0.149 e. The lowest BCUT2D eigenvalue weighted by molar-refractivity contribution is -0.140. The van der Waals surface area contributed by atoms with Gasteiger partial charge in [-0.3, -0.25) is 4.79 Å². The predicted molar refractivity (Wildman–Crippen MR) is 83.1 cm³/mol. The maximum atomic E-state index is 11.6. The molecule has 0 radical (unpaired) electrons. The number of Topliss-reactive ketones (excluding diaryl/α,β-unsaturated/α-hetero) is 1. The van der Waals surface area contributed by atoms with Crippen molar-refractivity contribution >= 4 is 5.78 Å². The van der Waals surface area contributed by atoms with Gasteiger partial charge < -0.3 is 20.0 Å². The van der Waals surface area contributed by atoms with E-state index in [1.54, 1.807) is 14.2 Å². The van der Waals surface area contributed by atoms with Gasteiger partial charge in [0.15, 0.2) is 0 Å². The van der Waals surface area contributed by atoms with Crippen LogP contribution in [0.2, 0.25) is 0 Å². The number of hydroxylamine groups is 2. The van der Waals surface area contributed by atoms with E-state index in [-0.39, 0.29) is 24.0 Å². The molecular weight excluding hydrogens is 272 g/mol. The summed E-state index contributed by atoms with van der Waals surface area (Å²) in [5, 5.41) is 14.1. The molecule has 0 heterocycles. The number of ether oxygens (including phenoxy) is 1. The smallest absolute Gasteiger partial charge is 0.149 e. The van der Waals surface area contributed by atoms with Crippen LogP contribution in [0, 0.1) is 0 Å². The third kappa shape index (κ3) is 12.9. The van der Waals surface area contributed by atoms with Crippen LogP contribution < -0.4 is 5.32 Å². The van der Waals surface area contributed by atoms with Crippen LogP contribution in [0.4, 0.5) is 0 Å². The Bertz CT molecular complexity index is 279. The minimum absolute atomic E-state index is 0.0153. The summed E-state index contributed by atoms with van der Waals surface area (Å²) in [5.41, 5.74) is -0.143. The van der Waals surface area contributed by atoms with Gasteiger partial charge in [-0.1, -0.05) is 0 Å². The number of aliphatic hydroxyl groups is 1. The van der Waals surface area contributed by atoms with E-state index in [0.717, 1.165) is 12.8 Å². The molecule has 2 N–H and O–H groups in total. The van der Waals surface area contributed by atoms with Gasteiger partial charge in [-0.15, -0.1) is 0 Å². The quantitative estimate of drug-likeness (QED) is 0.414. The molecule has 0 aromatic carbocycles. The van der Waals surface area contributed by atoms with Crippen LogP contribution in [0.1, 0.15) is 40.0 Å². The van der Waals surface area contributed by atoms with Crippen LogP contribution in [0.5, 0.6) is 0 Å². The number of hydrogen-bond acceptors (Lipinski definition) is 6. The molecule has 0 rings (SSSR count). The molecule has 0 amide bonds. The van der Waals surface area contributed by atoms with E-state index in [4.69, 9.17) is 9.57 Å². The van der Waals surface area contributed by atoms with Gasteiger partial charge in [0.2, 0.25) is 0 Å². The monoisotopic (exact) mass is 304 g/mol. The molecule has 0 aliphatic heterocycles. The highest BCUT2D eigenvalue weighted by Crippen LogP contribution is 2.06. The molecule has 0 saturated carbocycles. The van der Waals surface area contributed by atoms with Crippen LogP contribution in [0.25, 0.3) is 0 Å². The van der Waals surface area contributed by atoms with Gasteiger partial charge in [-0.05, 0) is 33.6 Å². The second kappa shape index (κ2) is 11.1. The second-order valence-electron chi connectivity index (χ2n) is 6.19. The van der Waals surface area contributed by atoms with Crippen molar-refractivity contribution in [2.45, 2.75) is 51.7 Å². The lowest BCUT2D eigenvalue weighted by Crippen LogP contribution is -2.36. The number of ketones is 1. The van der Waals surface area contributed by atoms with Crippen molar-refractivity contribution in [1.82, 2.24) is 10.4 Å². The fraction of sp³-hybridized carbons (Fsp3) is 0.933. The van der Waals surface area contributed by atoms with E-state index in [2.05, 4.69) is 5.32 Å². The molecule has 0 aromatic rings. The summed E-state index contributed by atoms with van der Waals surface area (Å²) in [6.45, 7) is 7.72. The van der Waals surface area contributed by atoms with Crippen molar-refractivity contribution in [3.63, 3.8) is 0 Å². The summed E-state index contributed by atoms with van der Waals surface area (Å²) in [4.78, 5) is 16.5. The first-order valence-electron chi connectivity index (χ1n) is 7.53. The topological polar surface area (TPSA) is 71.0 Å². The highest BCUT2D eigenvalue weighted by molar-refractivity contribution is 5.80. The Morgan fingerprint density at radius 2 is 2.05 bits per heavy atom. The van der Waals surface area contributed by atoms with E-state index >= 15 is 0 Å². The zero-order chi connectivity index (χ0) is 16.3. The molecule has 0 aromatic heterocycles. The highest BCUT2D eigenvalue weighted by Gasteiger charge is 2.12. The van der Waals surface area contributed by atoms with Crippen molar-refractivity contribution in [2.24, 2.45) is 0 Å². The summed E-state index contributed by atoms with van der Waals surface area (Å²) in [7, 11) is 3.27. The van der Waals surface area contributed by atoms with Crippen molar-refractivity contribution < 1.29 is 19.5 Å². The van der Waals surface area contributed by atoms with Crippen molar-refractivity contribution in [2.75, 3.05) is 40.5 Å². The molecule has 0 bridgehead atoms. The molecule has 1 unspecified atom stereocenters. The fourth-order valence-corrected chi connectivity index (χ4v) is 1.82. The molecule has 0 spiro atoms.